The van der Waals surface area contributed by atoms with Gasteiger partial charge in [0.15, 0.2) is 18.1 Å². The Balaban J connectivity index is 1.65. The molecular weight excluding hydrogens is 362 g/mol. The van der Waals surface area contributed by atoms with Crippen molar-refractivity contribution in [1.82, 2.24) is 4.90 Å². The van der Waals surface area contributed by atoms with Crippen molar-refractivity contribution in [3.05, 3.63) is 54.1 Å². The Hall–Kier alpha value is -3.22. The van der Waals surface area contributed by atoms with Crippen molar-refractivity contribution >= 4 is 11.9 Å². The molecule has 0 aliphatic carbocycles. The molecule has 7 nitrogen and oxygen atoms in total. The molecule has 148 valence electrons. The first-order valence-electron chi connectivity index (χ1n) is 9.15. The molecule has 0 radical (unpaired) electrons. The molecule has 28 heavy (non-hydrogen) atoms. The van der Waals surface area contributed by atoms with E-state index in [-0.39, 0.29) is 38.2 Å². The fraction of sp³-hybridized carbons (Fsp3) is 0.333. The number of fused-ring (bicyclic) bond motifs is 1. The lowest BCUT2D eigenvalue weighted by molar-refractivity contribution is -0.144. The van der Waals surface area contributed by atoms with Gasteiger partial charge in [0.1, 0.15) is 5.75 Å². The van der Waals surface area contributed by atoms with Crippen LogP contribution in [0, 0.1) is 0 Å². The van der Waals surface area contributed by atoms with E-state index in [2.05, 4.69) is 0 Å². The fourth-order valence-corrected chi connectivity index (χ4v) is 2.76. The third-order valence-corrected chi connectivity index (χ3v) is 4.16. The molecule has 0 unspecified atom stereocenters. The van der Waals surface area contributed by atoms with Crippen LogP contribution >= 0.6 is 0 Å². The predicted octanol–water partition coefficient (Wildman–Crippen LogP) is 2.78. The second-order valence-corrected chi connectivity index (χ2v) is 6.16. The summed E-state index contributed by atoms with van der Waals surface area (Å²) in [6, 6.07) is 14.6. The van der Waals surface area contributed by atoms with E-state index in [4.69, 9.17) is 18.9 Å². The van der Waals surface area contributed by atoms with Crippen LogP contribution < -0.4 is 14.2 Å². The van der Waals surface area contributed by atoms with E-state index in [1.54, 1.807) is 24.0 Å². The highest BCUT2D eigenvalue weighted by Crippen LogP contribution is 2.32. The molecule has 0 atom stereocenters. The molecule has 2 aromatic rings. The summed E-state index contributed by atoms with van der Waals surface area (Å²) in [4.78, 5) is 26.0. The van der Waals surface area contributed by atoms with Gasteiger partial charge in [0.25, 0.3) is 5.91 Å². The fourth-order valence-electron chi connectivity index (χ4n) is 2.76. The summed E-state index contributed by atoms with van der Waals surface area (Å²) in [5, 5.41) is 0. The highest BCUT2D eigenvalue weighted by atomic mass is 16.7. The quantitative estimate of drug-likeness (QED) is 0.618. The summed E-state index contributed by atoms with van der Waals surface area (Å²) in [6.45, 7) is 2.71. The van der Waals surface area contributed by atoms with Crippen LogP contribution in [-0.4, -0.2) is 43.3 Å². The first kappa shape index (κ1) is 19.5. The van der Waals surface area contributed by atoms with Crippen molar-refractivity contribution in [3.8, 4) is 17.2 Å². The predicted molar refractivity (Wildman–Crippen MR) is 101 cm³/mol. The number of rotatable bonds is 9. The minimum atomic E-state index is -0.338. The monoisotopic (exact) mass is 385 g/mol. The van der Waals surface area contributed by atoms with Gasteiger partial charge in [0.2, 0.25) is 6.79 Å². The topological polar surface area (TPSA) is 74.3 Å². The maximum absolute atomic E-state index is 12.7. The van der Waals surface area contributed by atoms with Gasteiger partial charge in [-0.05, 0) is 36.8 Å². The lowest BCUT2D eigenvalue weighted by Crippen LogP contribution is -2.36. The summed E-state index contributed by atoms with van der Waals surface area (Å²) in [5.41, 5.74) is 0.876. The minimum absolute atomic E-state index is 0.114. The van der Waals surface area contributed by atoms with E-state index in [0.29, 0.717) is 30.4 Å². The average molecular weight is 385 g/mol. The minimum Gasteiger partial charge on any atom is -0.484 e. The van der Waals surface area contributed by atoms with E-state index in [1.807, 2.05) is 36.4 Å². The molecule has 3 rings (SSSR count). The molecule has 7 heteroatoms. The van der Waals surface area contributed by atoms with Crippen molar-refractivity contribution in [1.29, 1.82) is 0 Å². The first-order chi connectivity index (χ1) is 13.7. The zero-order valence-electron chi connectivity index (χ0n) is 15.8. The molecule has 0 aromatic heterocycles. The third kappa shape index (κ3) is 5.39. The highest BCUT2D eigenvalue weighted by Gasteiger charge is 2.19. The van der Waals surface area contributed by atoms with Gasteiger partial charge in [-0.2, -0.15) is 0 Å². The van der Waals surface area contributed by atoms with Crippen LogP contribution in [0.4, 0.5) is 0 Å². The van der Waals surface area contributed by atoms with E-state index in [9.17, 15) is 9.59 Å². The summed E-state index contributed by atoms with van der Waals surface area (Å²) in [6.07, 6.45) is 0.121. The van der Waals surface area contributed by atoms with Gasteiger partial charge < -0.3 is 23.8 Å². The van der Waals surface area contributed by atoms with E-state index in [1.165, 1.54) is 0 Å². The molecular formula is C21H23NO6. The van der Waals surface area contributed by atoms with Gasteiger partial charge in [0, 0.05) is 13.1 Å². The van der Waals surface area contributed by atoms with Crippen molar-refractivity contribution in [2.75, 3.05) is 26.6 Å². The first-order valence-corrected chi connectivity index (χ1v) is 9.15. The Bertz CT molecular complexity index is 808. The number of carbonyl (C=O) groups excluding carboxylic acids is 2. The summed E-state index contributed by atoms with van der Waals surface area (Å²) in [5.74, 6) is 1.39. The Morgan fingerprint density at radius 3 is 2.64 bits per heavy atom. The number of esters is 1. The maximum atomic E-state index is 12.7. The van der Waals surface area contributed by atoms with Crippen molar-refractivity contribution in [2.45, 2.75) is 19.9 Å². The van der Waals surface area contributed by atoms with Gasteiger partial charge in [-0.1, -0.05) is 24.3 Å². The third-order valence-electron chi connectivity index (χ3n) is 4.16. The van der Waals surface area contributed by atoms with Crippen LogP contribution in [0.3, 0.4) is 0 Å². The molecule has 2 aromatic carbocycles. The Morgan fingerprint density at radius 2 is 1.86 bits per heavy atom. The van der Waals surface area contributed by atoms with Crippen molar-refractivity contribution in [2.24, 2.45) is 0 Å². The molecule has 1 aliphatic heterocycles. The van der Waals surface area contributed by atoms with Gasteiger partial charge in [-0.15, -0.1) is 0 Å². The molecule has 0 saturated carbocycles. The number of ether oxygens (including phenoxy) is 4. The number of amides is 1. The lowest BCUT2D eigenvalue weighted by atomic mass is 10.2. The van der Waals surface area contributed by atoms with E-state index >= 15 is 0 Å². The number of para-hydroxylation sites is 1. The van der Waals surface area contributed by atoms with Crippen LogP contribution in [0.15, 0.2) is 48.5 Å². The summed E-state index contributed by atoms with van der Waals surface area (Å²) < 4.78 is 21.2. The number of carbonyl (C=O) groups is 2. The summed E-state index contributed by atoms with van der Waals surface area (Å²) in [7, 11) is 0. The number of benzene rings is 2. The van der Waals surface area contributed by atoms with Crippen LogP contribution in [0.5, 0.6) is 17.2 Å². The average Bonchev–Trinajstić information content (AvgIpc) is 3.18. The zero-order chi connectivity index (χ0) is 19.8. The Morgan fingerprint density at radius 1 is 1.07 bits per heavy atom. The van der Waals surface area contributed by atoms with Crippen LogP contribution in [0.25, 0.3) is 0 Å². The molecule has 1 amide bonds. The standard InChI is InChI=1S/C21H23NO6/c1-2-25-21(24)10-11-22(20(23)14-26-17-6-4-3-5-7-17)13-16-8-9-18-19(12-16)28-15-27-18/h3-9,12H,2,10-11,13-15H2,1H3. The zero-order valence-corrected chi connectivity index (χ0v) is 15.8. The van der Waals surface area contributed by atoms with Crippen LogP contribution in [0.2, 0.25) is 0 Å². The second kappa shape index (κ2) is 9.64. The number of hydrogen-bond acceptors (Lipinski definition) is 6. The van der Waals surface area contributed by atoms with Crippen molar-refractivity contribution < 1.29 is 28.5 Å². The van der Waals surface area contributed by atoms with Crippen LogP contribution in [-0.2, 0) is 20.9 Å². The smallest absolute Gasteiger partial charge is 0.307 e. The lowest BCUT2D eigenvalue weighted by Gasteiger charge is -2.23. The van der Waals surface area contributed by atoms with E-state index in [0.717, 1.165) is 5.56 Å². The summed E-state index contributed by atoms with van der Waals surface area (Å²) >= 11 is 0. The van der Waals surface area contributed by atoms with Gasteiger partial charge in [-0.25, -0.2) is 0 Å². The number of nitrogens with zero attached hydrogens (tertiary/aromatic N) is 1. The second-order valence-electron chi connectivity index (χ2n) is 6.16. The SMILES string of the molecule is CCOC(=O)CCN(Cc1ccc2c(c1)OCO2)C(=O)COc1ccccc1. The van der Waals surface area contributed by atoms with Gasteiger partial charge >= 0.3 is 5.97 Å². The molecule has 1 aliphatic rings. The van der Waals surface area contributed by atoms with Gasteiger partial charge in [0.05, 0.1) is 13.0 Å². The maximum Gasteiger partial charge on any atom is 0.307 e. The molecule has 0 N–H and O–H groups in total. The van der Waals surface area contributed by atoms with Crippen LogP contribution in [0.1, 0.15) is 18.9 Å². The Labute approximate surface area is 163 Å². The largest absolute Gasteiger partial charge is 0.484 e. The Kier molecular flexibility index (Phi) is 6.73. The van der Waals surface area contributed by atoms with E-state index < -0.39 is 0 Å². The molecule has 1 heterocycles. The molecule has 0 saturated heterocycles. The number of hydrogen-bond donors (Lipinski definition) is 0. The molecule has 0 spiro atoms. The normalized spacial score (nSPS) is 11.8. The van der Waals surface area contributed by atoms with Crippen molar-refractivity contribution in [3.63, 3.8) is 0 Å². The molecule has 0 fully saturated rings. The molecule has 0 bridgehead atoms. The highest BCUT2D eigenvalue weighted by molar-refractivity contribution is 5.78. The van der Waals surface area contributed by atoms with Gasteiger partial charge in [-0.3, -0.25) is 9.59 Å².